The van der Waals surface area contributed by atoms with Crippen LogP contribution in [0.4, 0.5) is 0 Å². The summed E-state index contributed by atoms with van der Waals surface area (Å²) in [5.41, 5.74) is 2.83. The second-order valence-corrected chi connectivity index (χ2v) is 7.47. The maximum absolute atomic E-state index is 12.6. The van der Waals surface area contributed by atoms with E-state index in [4.69, 9.17) is 9.15 Å². The van der Waals surface area contributed by atoms with Gasteiger partial charge in [-0.15, -0.1) is 0 Å². The zero-order valence-electron chi connectivity index (χ0n) is 17.4. The van der Waals surface area contributed by atoms with E-state index in [1.807, 2.05) is 43.3 Å². The topological polar surface area (TPSA) is 79.9 Å². The highest BCUT2D eigenvalue weighted by atomic mass is 16.5. The van der Waals surface area contributed by atoms with Gasteiger partial charge in [-0.1, -0.05) is 47.6 Å². The molecule has 30 heavy (non-hydrogen) atoms. The third kappa shape index (κ3) is 4.92. The summed E-state index contributed by atoms with van der Waals surface area (Å²) in [4.78, 5) is 12.6. The quantitative estimate of drug-likeness (QED) is 0.475. The number of phenols is 2. The molecule has 1 aromatic heterocycles. The van der Waals surface area contributed by atoms with Gasteiger partial charge in [0, 0.05) is 17.7 Å². The number of hydrogen-bond acceptors (Lipinski definition) is 5. The minimum absolute atomic E-state index is 0.0215. The van der Waals surface area contributed by atoms with Gasteiger partial charge in [0.2, 0.25) is 5.75 Å². The first-order valence-electron chi connectivity index (χ1n) is 9.87. The summed E-state index contributed by atoms with van der Waals surface area (Å²) in [6.07, 6.45) is 5.91. The molecule has 0 fully saturated rings. The Bertz CT molecular complexity index is 1150. The lowest BCUT2D eigenvalue weighted by molar-refractivity contribution is 0.314. The molecule has 0 unspecified atom stereocenters. The highest BCUT2D eigenvalue weighted by Gasteiger charge is 2.19. The molecule has 1 heterocycles. The Kier molecular flexibility index (Phi) is 6.62. The van der Waals surface area contributed by atoms with Crippen molar-refractivity contribution in [2.45, 2.75) is 33.6 Å². The lowest BCUT2D eigenvalue weighted by Crippen LogP contribution is -2.03. The van der Waals surface area contributed by atoms with E-state index >= 15 is 0 Å². The van der Waals surface area contributed by atoms with Crippen molar-refractivity contribution in [3.63, 3.8) is 0 Å². The average Bonchev–Trinajstić information content (AvgIpc) is 2.70. The van der Waals surface area contributed by atoms with Crippen molar-refractivity contribution in [1.29, 1.82) is 0 Å². The molecular formula is C25H26O5. The molecule has 0 aliphatic carbocycles. The van der Waals surface area contributed by atoms with Crippen LogP contribution >= 0.6 is 0 Å². The number of ether oxygens (including phenoxy) is 1. The molecule has 0 aliphatic rings. The molecule has 0 bridgehead atoms. The summed E-state index contributed by atoms with van der Waals surface area (Å²) in [5.74, 6) is -0.482. The maximum Gasteiger partial charge on any atom is 0.204 e. The normalized spacial score (nSPS) is 11.5. The summed E-state index contributed by atoms with van der Waals surface area (Å²) < 4.78 is 11.3. The first kappa shape index (κ1) is 21.2. The van der Waals surface area contributed by atoms with Crippen molar-refractivity contribution >= 4 is 11.0 Å². The largest absolute Gasteiger partial charge is 0.504 e. The number of benzene rings is 2. The van der Waals surface area contributed by atoms with Crippen LogP contribution in [0.2, 0.25) is 0 Å². The molecule has 5 heteroatoms. The second-order valence-electron chi connectivity index (χ2n) is 7.47. The van der Waals surface area contributed by atoms with Gasteiger partial charge in [0.1, 0.15) is 23.3 Å². The van der Waals surface area contributed by atoms with Crippen LogP contribution in [0, 0.1) is 0 Å². The lowest BCUT2D eigenvalue weighted by atomic mass is 10.1. The van der Waals surface area contributed by atoms with Crippen molar-refractivity contribution in [1.82, 2.24) is 0 Å². The summed E-state index contributed by atoms with van der Waals surface area (Å²) in [7, 11) is 0. The minimum Gasteiger partial charge on any atom is -0.504 e. The highest BCUT2D eigenvalue weighted by molar-refractivity contribution is 5.89. The van der Waals surface area contributed by atoms with Crippen LogP contribution < -0.4 is 10.2 Å². The van der Waals surface area contributed by atoms with E-state index < -0.39 is 11.2 Å². The number of allylic oxidation sites excluding steroid dienone is 3. The fraction of sp³-hybridized carbons (Fsp3) is 0.240. The first-order chi connectivity index (χ1) is 14.4. The van der Waals surface area contributed by atoms with E-state index in [1.165, 1.54) is 17.7 Å². The molecule has 156 valence electrons. The van der Waals surface area contributed by atoms with Gasteiger partial charge in [-0.2, -0.15) is 0 Å². The lowest BCUT2D eigenvalue weighted by Gasteiger charge is -2.11. The zero-order chi connectivity index (χ0) is 21.7. The SMILES string of the molecule is CC(C)=CCC/C(C)=C/COc1c(O)cc2oc(-c3ccccc3)cc(=O)c2c1O. The van der Waals surface area contributed by atoms with Crippen molar-refractivity contribution in [3.8, 4) is 28.6 Å². The van der Waals surface area contributed by atoms with Crippen molar-refractivity contribution in [2.75, 3.05) is 6.61 Å². The number of fused-ring (bicyclic) bond motifs is 1. The molecule has 3 rings (SSSR count). The van der Waals surface area contributed by atoms with Crippen LogP contribution in [0.15, 0.2) is 75.0 Å². The van der Waals surface area contributed by atoms with Crippen LogP contribution in [0.3, 0.4) is 0 Å². The first-order valence-corrected chi connectivity index (χ1v) is 9.87. The summed E-state index contributed by atoms with van der Waals surface area (Å²) in [5, 5.41) is 20.9. The molecular weight excluding hydrogens is 380 g/mol. The predicted octanol–water partition coefficient (Wildman–Crippen LogP) is 5.94. The molecule has 0 saturated heterocycles. The van der Waals surface area contributed by atoms with Gasteiger partial charge in [0.25, 0.3) is 0 Å². The van der Waals surface area contributed by atoms with Gasteiger partial charge >= 0.3 is 0 Å². The van der Waals surface area contributed by atoms with E-state index in [0.717, 1.165) is 24.0 Å². The standard InChI is InChI=1S/C25H26O5/c1-16(2)8-7-9-17(3)12-13-29-25-20(27)15-22-23(24(25)28)19(26)14-21(30-22)18-10-5-4-6-11-18/h4-6,8,10-12,14-15,27-28H,7,9,13H2,1-3H3/b17-12+. The Morgan fingerprint density at radius 2 is 1.80 bits per heavy atom. The van der Waals surface area contributed by atoms with Gasteiger partial charge in [-0.05, 0) is 39.7 Å². The van der Waals surface area contributed by atoms with Crippen LogP contribution in [-0.4, -0.2) is 16.8 Å². The van der Waals surface area contributed by atoms with E-state index in [2.05, 4.69) is 19.9 Å². The average molecular weight is 406 g/mol. The molecule has 2 N–H and O–H groups in total. The molecule has 0 atom stereocenters. The fourth-order valence-corrected chi connectivity index (χ4v) is 3.12. The molecule has 0 spiro atoms. The monoisotopic (exact) mass is 406 g/mol. The fourth-order valence-electron chi connectivity index (χ4n) is 3.12. The molecule has 0 aliphatic heterocycles. The molecule has 2 aromatic carbocycles. The molecule has 3 aromatic rings. The van der Waals surface area contributed by atoms with E-state index in [0.29, 0.717) is 5.76 Å². The van der Waals surface area contributed by atoms with Crippen molar-refractivity contribution < 1.29 is 19.4 Å². The molecule has 0 radical (unpaired) electrons. The maximum atomic E-state index is 12.6. The predicted molar refractivity (Wildman–Crippen MR) is 119 cm³/mol. The highest BCUT2D eigenvalue weighted by Crippen LogP contribution is 2.41. The Morgan fingerprint density at radius 1 is 1.07 bits per heavy atom. The Hall–Kier alpha value is -3.47. The summed E-state index contributed by atoms with van der Waals surface area (Å²) >= 11 is 0. The Morgan fingerprint density at radius 3 is 2.50 bits per heavy atom. The smallest absolute Gasteiger partial charge is 0.204 e. The number of aromatic hydroxyl groups is 2. The van der Waals surface area contributed by atoms with Gasteiger partial charge in [-0.25, -0.2) is 0 Å². The van der Waals surface area contributed by atoms with Crippen molar-refractivity contribution in [3.05, 3.63) is 76.0 Å². The van der Waals surface area contributed by atoms with E-state index in [-0.39, 0.29) is 29.1 Å². The Balaban J connectivity index is 1.86. The molecule has 5 nitrogen and oxygen atoms in total. The number of phenolic OH excluding ortho intramolecular Hbond substituents is 2. The van der Waals surface area contributed by atoms with Crippen LogP contribution in [0.5, 0.6) is 17.2 Å². The zero-order valence-corrected chi connectivity index (χ0v) is 17.4. The van der Waals surface area contributed by atoms with Gasteiger partial charge < -0.3 is 19.4 Å². The van der Waals surface area contributed by atoms with Gasteiger partial charge in [-0.3, -0.25) is 4.79 Å². The number of hydrogen-bond donors (Lipinski definition) is 2. The Labute approximate surface area is 175 Å². The number of rotatable bonds is 7. The minimum atomic E-state index is -0.422. The van der Waals surface area contributed by atoms with Crippen LogP contribution in [-0.2, 0) is 0 Å². The van der Waals surface area contributed by atoms with Crippen LogP contribution in [0.25, 0.3) is 22.3 Å². The summed E-state index contributed by atoms with van der Waals surface area (Å²) in [6, 6.07) is 11.8. The van der Waals surface area contributed by atoms with E-state index in [9.17, 15) is 15.0 Å². The molecule has 0 saturated carbocycles. The van der Waals surface area contributed by atoms with Crippen LogP contribution in [0.1, 0.15) is 33.6 Å². The van der Waals surface area contributed by atoms with Crippen molar-refractivity contribution in [2.24, 2.45) is 0 Å². The summed E-state index contributed by atoms with van der Waals surface area (Å²) in [6.45, 7) is 6.29. The van der Waals surface area contributed by atoms with Gasteiger partial charge in [0.05, 0.1) is 0 Å². The third-order valence-corrected chi connectivity index (χ3v) is 4.74. The second kappa shape index (κ2) is 9.35. The van der Waals surface area contributed by atoms with E-state index in [1.54, 1.807) is 0 Å². The third-order valence-electron chi connectivity index (χ3n) is 4.74. The van der Waals surface area contributed by atoms with Gasteiger partial charge in [0.15, 0.2) is 16.9 Å². The molecule has 0 amide bonds.